The van der Waals surface area contributed by atoms with E-state index in [-0.39, 0.29) is 18.4 Å². The van der Waals surface area contributed by atoms with Crippen molar-refractivity contribution >= 4 is 23.5 Å². The van der Waals surface area contributed by atoms with Gasteiger partial charge in [-0.3, -0.25) is 19.3 Å². The fraction of sp³-hybridized carbons (Fsp3) is 0.667. The van der Waals surface area contributed by atoms with Crippen molar-refractivity contribution in [3.8, 4) is 0 Å². The molecular weight excluding hydrogens is 346 g/mol. The summed E-state index contributed by atoms with van der Waals surface area (Å²) in [6, 6.07) is 0.403. The summed E-state index contributed by atoms with van der Waals surface area (Å²) in [7, 11) is 1.84. The summed E-state index contributed by atoms with van der Waals surface area (Å²) in [6.45, 7) is 4.89. The smallest absolute Gasteiger partial charge is 0.246 e. The van der Waals surface area contributed by atoms with Gasteiger partial charge in [0.15, 0.2) is 5.96 Å². The topological polar surface area (TPSA) is 94.9 Å². The van der Waals surface area contributed by atoms with E-state index in [4.69, 9.17) is 0 Å². The Labute approximate surface area is 159 Å². The van der Waals surface area contributed by atoms with Crippen molar-refractivity contribution in [3.63, 3.8) is 0 Å². The zero-order valence-corrected chi connectivity index (χ0v) is 16.1. The van der Waals surface area contributed by atoms with Crippen molar-refractivity contribution in [3.05, 3.63) is 12.4 Å². The number of piperazine rings is 1. The largest absolute Gasteiger partial charge is 0.357 e. The molecular formula is C18H29N7O2. The van der Waals surface area contributed by atoms with Crippen LogP contribution in [0.3, 0.4) is 0 Å². The summed E-state index contributed by atoms with van der Waals surface area (Å²) in [6.07, 6.45) is 6.96. The number of guanidine groups is 1. The number of nitrogens with zero attached hydrogens (tertiary/aromatic N) is 5. The minimum Gasteiger partial charge on any atom is -0.357 e. The highest BCUT2D eigenvalue weighted by molar-refractivity contribution is 5.98. The van der Waals surface area contributed by atoms with Crippen LogP contribution in [0.4, 0.5) is 5.69 Å². The molecule has 1 saturated carbocycles. The van der Waals surface area contributed by atoms with Crippen LogP contribution < -0.4 is 15.5 Å². The number of aryl methyl sites for hydroxylation is 1. The van der Waals surface area contributed by atoms with Crippen LogP contribution in [-0.4, -0.2) is 71.2 Å². The van der Waals surface area contributed by atoms with Crippen LogP contribution >= 0.6 is 0 Å². The van der Waals surface area contributed by atoms with Crippen LogP contribution in [-0.2, 0) is 16.6 Å². The molecule has 0 unspecified atom stereocenters. The van der Waals surface area contributed by atoms with Crippen LogP contribution in [0.5, 0.6) is 0 Å². The predicted octanol–water partition coefficient (Wildman–Crippen LogP) is 0.0930. The van der Waals surface area contributed by atoms with E-state index in [2.05, 4.69) is 20.7 Å². The number of rotatable bonds is 7. The third-order valence-corrected chi connectivity index (χ3v) is 4.62. The first kappa shape index (κ1) is 19.2. The summed E-state index contributed by atoms with van der Waals surface area (Å²) >= 11 is 0. The second-order valence-electron chi connectivity index (χ2n) is 7.02. The molecule has 1 saturated heterocycles. The number of hydrogen-bond donors (Lipinski definition) is 2. The van der Waals surface area contributed by atoms with Gasteiger partial charge in [0, 0.05) is 51.9 Å². The van der Waals surface area contributed by atoms with Crippen molar-refractivity contribution < 1.29 is 9.59 Å². The lowest BCUT2D eigenvalue weighted by Crippen LogP contribution is -2.55. The third kappa shape index (κ3) is 5.45. The molecule has 9 nitrogen and oxygen atoms in total. The quantitative estimate of drug-likeness (QED) is 0.400. The monoisotopic (exact) mass is 375 g/mol. The summed E-state index contributed by atoms with van der Waals surface area (Å²) in [5.41, 5.74) is 0.825. The van der Waals surface area contributed by atoms with Gasteiger partial charge in [-0.1, -0.05) is 0 Å². The van der Waals surface area contributed by atoms with Gasteiger partial charge in [0.05, 0.1) is 11.9 Å². The van der Waals surface area contributed by atoms with Gasteiger partial charge in [-0.25, -0.2) is 0 Å². The molecule has 2 N–H and O–H groups in total. The number of hydrogen-bond acceptors (Lipinski definition) is 4. The van der Waals surface area contributed by atoms with Gasteiger partial charge in [0.25, 0.3) is 0 Å². The number of aliphatic imine (C=N–C) groups is 1. The Bertz CT molecular complexity index is 696. The Kier molecular flexibility index (Phi) is 6.31. The van der Waals surface area contributed by atoms with Crippen molar-refractivity contribution in [2.24, 2.45) is 12.0 Å². The van der Waals surface area contributed by atoms with Crippen molar-refractivity contribution in [2.75, 3.05) is 37.6 Å². The van der Waals surface area contributed by atoms with Crippen molar-refractivity contribution in [1.82, 2.24) is 25.3 Å². The Morgan fingerprint density at radius 1 is 1.37 bits per heavy atom. The maximum atomic E-state index is 12.6. The Hall–Kier alpha value is -2.58. The first-order valence-electron chi connectivity index (χ1n) is 9.68. The van der Waals surface area contributed by atoms with Gasteiger partial charge in [-0.05, 0) is 26.2 Å². The molecule has 1 aliphatic heterocycles. The van der Waals surface area contributed by atoms with E-state index in [9.17, 15) is 9.59 Å². The van der Waals surface area contributed by atoms with Crippen LogP contribution in [0, 0.1) is 0 Å². The van der Waals surface area contributed by atoms with Gasteiger partial charge in [-0.2, -0.15) is 5.10 Å². The first-order valence-corrected chi connectivity index (χ1v) is 9.68. The van der Waals surface area contributed by atoms with Crippen molar-refractivity contribution in [1.29, 1.82) is 0 Å². The molecule has 2 amide bonds. The maximum Gasteiger partial charge on any atom is 0.246 e. The molecule has 0 aromatic carbocycles. The van der Waals surface area contributed by atoms with Gasteiger partial charge >= 0.3 is 0 Å². The van der Waals surface area contributed by atoms with E-state index in [0.29, 0.717) is 38.5 Å². The Morgan fingerprint density at radius 3 is 2.81 bits per heavy atom. The van der Waals surface area contributed by atoms with Gasteiger partial charge < -0.3 is 20.4 Å². The zero-order valence-electron chi connectivity index (χ0n) is 16.1. The Morgan fingerprint density at radius 2 is 2.19 bits per heavy atom. The van der Waals surface area contributed by atoms with Gasteiger partial charge in [-0.15, -0.1) is 0 Å². The van der Waals surface area contributed by atoms with Gasteiger partial charge in [0.2, 0.25) is 11.8 Å². The van der Waals surface area contributed by atoms with Crippen LogP contribution in [0.1, 0.15) is 32.6 Å². The lowest BCUT2D eigenvalue weighted by Gasteiger charge is -2.35. The van der Waals surface area contributed by atoms with Gasteiger partial charge in [0.1, 0.15) is 6.54 Å². The molecule has 0 spiro atoms. The third-order valence-electron chi connectivity index (χ3n) is 4.62. The predicted molar refractivity (Wildman–Crippen MR) is 104 cm³/mol. The highest BCUT2D eigenvalue weighted by atomic mass is 16.2. The molecule has 2 heterocycles. The van der Waals surface area contributed by atoms with E-state index in [0.717, 1.165) is 31.0 Å². The number of nitrogens with one attached hydrogen (secondary N) is 2. The molecule has 2 aliphatic rings. The summed E-state index contributed by atoms with van der Waals surface area (Å²) in [4.78, 5) is 32.6. The average molecular weight is 375 g/mol. The van der Waals surface area contributed by atoms with E-state index in [1.807, 2.05) is 25.1 Å². The second-order valence-corrected chi connectivity index (χ2v) is 7.02. The summed E-state index contributed by atoms with van der Waals surface area (Å²) in [5, 5.41) is 10.4. The molecule has 0 atom stereocenters. The molecule has 27 heavy (non-hydrogen) atoms. The molecule has 3 rings (SSSR count). The van der Waals surface area contributed by atoms with E-state index in [1.165, 1.54) is 0 Å². The molecule has 1 aliphatic carbocycles. The van der Waals surface area contributed by atoms with Crippen LogP contribution in [0.2, 0.25) is 0 Å². The lowest BCUT2D eigenvalue weighted by atomic mass is 10.3. The molecule has 1 aromatic rings. The fourth-order valence-electron chi connectivity index (χ4n) is 3.05. The van der Waals surface area contributed by atoms with Crippen LogP contribution in [0.25, 0.3) is 0 Å². The molecule has 1 aromatic heterocycles. The zero-order chi connectivity index (χ0) is 19.2. The number of amides is 2. The SMILES string of the molecule is CCNC(=NCCCC(=O)NC1CC1)N1CCN(c2cnn(C)c2)C(=O)C1. The number of aromatic nitrogens is 2. The normalized spacial score (nSPS) is 18.0. The molecule has 0 bridgehead atoms. The minimum absolute atomic E-state index is 0.0312. The van der Waals surface area contributed by atoms with E-state index >= 15 is 0 Å². The molecule has 148 valence electrons. The standard InChI is InChI=1S/C18H29N7O2/c1-3-19-18(20-8-4-5-16(26)22-14-6-7-14)24-9-10-25(17(27)13-24)15-11-21-23(2)12-15/h11-12,14H,3-10,13H2,1-2H3,(H,19,20)(H,22,26). The molecule has 0 radical (unpaired) electrons. The first-order chi connectivity index (χ1) is 13.1. The van der Waals surface area contributed by atoms with E-state index in [1.54, 1.807) is 15.8 Å². The highest BCUT2D eigenvalue weighted by Gasteiger charge is 2.27. The minimum atomic E-state index is 0.0312. The summed E-state index contributed by atoms with van der Waals surface area (Å²) < 4.78 is 1.69. The fourth-order valence-corrected chi connectivity index (χ4v) is 3.05. The molecule has 2 fully saturated rings. The number of carbonyl (C=O) groups excluding carboxylic acids is 2. The summed E-state index contributed by atoms with van der Waals surface area (Å²) in [5.74, 6) is 0.876. The number of carbonyl (C=O) groups is 2. The van der Waals surface area contributed by atoms with Crippen molar-refractivity contribution in [2.45, 2.75) is 38.6 Å². The second kappa shape index (κ2) is 8.88. The Balaban J connectivity index is 1.50. The number of anilines is 1. The molecule has 9 heteroatoms. The van der Waals surface area contributed by atoms with E-state index < -0.39 is 0 Å². The highest BCUT2D eigenvalue weighted by Crippen LogP contribution is 2.19. The average Bonchev–Trinajstić information content (AvgIpc) is 3.35. The van der Waals surface area contributed by atoms with Crippen LogP contribution in [0.15, 0.2) is 17.4 Å². The lowest BCUT2D eigenvalue weighted by molar-refractivity contribution is -0.121. The maximum absolute atomic E-state index is 12.6.